The van der Waals surface area contributed by atoms with Crippen LogP contribution in [-0.4, -0.2) is 25.8 Å². The predicted octanol–water partition coefficient (Wildman–Crippen LogP) is 4.06. The molecule has 22 heavy (non-hydrogen) atoms. The molecular weight excluding hydrogens is 429 g/mol. The Balaban J connectivity index is 0.000000295. The van der Waals surface area contributed by atoms with Crippen molar-refractivity contribution in [2.75, 3.05) is 7.11 Å². The van der Waals surface area contributed by atoms with E-state index in [0.717, 1.165) is 5.75 Å². The van der Waals surface area contributed by atoms with E-state index >= 15 is 0 Å². The predicted molar refractivity (Wildman–Crippen MR) is 88.7 cm³/mol. The smallest absolute Gasteiger partial charge is 0.361 e. The number of hydrogen-bond acceptors (Lipinski definition) is 3. The Morgan fingerprint density at radius 2 is 1.59 bits per heavy atom. The molecular formula is C14H13F2IO4S. The van der Waals surface area contributed by atoms with Gasteiger partial charge in [0.2, 0.25) is 0 Å². The number of rotatable bonds is 3. The summed E-state index contributed by atoms with van der Waals surface area (Å²) in [7, 11) is -3.39. The van der Waals surface area contributed by atoms with Gasteiger partial charge in [0.05, 0.1) is 7.11 Å². The normalized spacial score (nSPS) is 10.8. The Kier molecular flexibility index (Phi) is 7.17. The summed E-state index contributed by atoms with van der Waals surface area (Å²) in [5, 5.41) is 0. The van der Waals surface area contributed by atoms with E-state index in [1.54, 1.807) is 7.11 Å². The Hall–Kier alpha value is -1.26. The summed E-state index contributed by atoms with van der Waals surface area (Å²) >= 11 is 2.35. The summed E-state index contributed by atoms with van der Waals surface area (Å²) in [5.41, 5.74) is 2.49. The monoisotopic (exact) mass is 442 g/mol. The molecule has 0 saturated carbocycles. The lowest BCUT2D eigenvalue weighted by molar-refractivity contribution is 0.217. The number of methoxy groups -OCH3 is 1. The fourth-order valence-corrected chi connectivity index (χ4v) is 2.16. The largest absolute Gasteiger partial charge is 0.497 e. The van der Waals surface area contributed by atoms with Crippen LogP contribution in [0, 0.1) is 3.57 Å². The Labute approximate surface area is 141 Å². The molecule has 2 rings (SSSR count). The summed E-state index contributed by atoms with van der Waals surface area (Å²) in [6.45, 7) is 0. The molecule has 0 atom stereocenters. The molecule has 0 fully saturated rings. The number of alkyl halides is 2. The second-order valence-corrected chi connectivity index (χ2v) is 6.53. The summed E-state index contributed by atoms with van der Waals surface area (Å²) in [6.07, 6.45) is 0. The molecule has 1 N–H and O–H groups in total. The SMILES string of the molecule is COc1ccc(-c2ccccc2I)cc1.O=S(=O)(O)C(F)F. The molecule has 0 heterocycles. The highest BCUT2D eigenvalue weighted by molar-refractivity contribution is 14.1. The minimum atomic E-state index is -5.07. The average molecular weight is 442 g/mol. The topological polar surface area (TPSA) is 63.6 Å². The van der Waals surface area contributed by atoms with Crippen molar-refractivity contribution < 1.29 is 26.5 Å². The minimum Gasteiger partial charge on any atom is -0.497 e. The van der Waals surface area contributed by atoms with Gasteiger partial charge < -0.3 is 4.74 Å². The van der Waals surface area contributed by atoms with Gasteiger partial charge in [0.15, 0.2) is 0 Å². The molecule has 0 aliphatic carbocycles. The van der Waals surface area contributed by atoms with E-state index in [9.17, 15) is 8.78 Å². The maximum absolute atomic E-state index is 10.7. The lowest BCUT2D eigenvalue weighted by Gasteiger charge is -2.05. The Morgan fingerprint density at radius 1 is 1.09 bits per heavy atom. The van der Waals surface area contributed by atoms with Crippen molar-refractivity contribution in [3.63, 3.8) is 0 Å². The molecule has 0 spiro atoms. The summed E-state index contributed by atoms with van der Waals surface area (Å²) in [6, 6.07) is 16.5. The van der Waals surface area contributed by atoms with Gasteiger partial charge in [-0.15, -0.1) is 0 Å². The van der Waals surface area contributed by atoms with Gasteiger partial charge in [-0.25, -0.2) is 0 Å². The lowest BCUT2D eigenvalue weighted by Crippen LogP contribution is -2.07. The zero-order chi connectivity index (χ0) is 16.8. The van der Waals surface area contributed by atoms with E-state index in [2.05, 4.69) is 59.0 Å². The number of benzene rings is 2. The molecule has 8 heteroatoms. The third kappa shape index (κ3) is 5.85. The van der Waals surface area contributed by atoms with Crippen molar-refractivity contribution in [2.24, 2.45) is 0 Å². The van der Waals surface area contributed by atoms with Gasteiger partial charge in [-0.1, -0.05) is 30.3 Å². The zero-order valence-corrected chi connectivity index (χ0v) is 14.4. The average Bonchev–Trinajstić information content (AvgIpc) is 2.47. The lowest BCUT2D eigenvalue weighted by atomic mass is 10.1. The van der Waals surface area contributed by atoms with Crippen LogP contribution in [0.5, 0.6) is 5.75 Å². The molecule has 0 radical (unpaired) electrons. The van der Waals surface area contributed by atoms with Crippen molar-refractivity contribution in [2.45, 2.75) is 5.76 Å². The van der Waals surface area contributed by atoms with Crippen molar-refractivity contribution in [3.8, 4) is 16.9 Å². The van der Waals surface area contributed by atoms with Crippen LogP contribution < -0.4 is 4.74 Å². The van der Waals surface area contributed by atoms with Gasteiger partial charge in [-0.3, -0.25) is 4.55 Å². The molecule has 0 aliphatic heterocycles. The van der Waals surface area contributed by atoms with E-state index in [-0.39, 0.29) is 0 Å². The first-order valence-electron chi connectivity index (χ1n) is 5.89. The molecule has 0 unspecified atom stereocenters. The van der Waals surface area contributed by atoms with E-state index in [1.807, 2.05) is 12.1 Å². The first kappa shape index (κ1) is 18.8. The summed E-state index contributed by atoms with van der Waals surface area (Å²) in [5.74, 6) is -2.78. The molecule has 0 bridgehead atoms. The van der Waals surface area contributed by atoms with Crippen LogP contribution in [0.25, 0.3) is 11.1 Å². The highest BCUT2D eigenvalue weighted by atomic mass is 127. The second-order valence-electron chi connectivity index (χ2n) is 3.98. The van der Waals surface area contributed by atoms with Crippen LogP contribution in [0.2, 0.25) is 0 Å². The zero-order valence-electron chi connectivity index (χ0n) is 11.4. The van der Waals surface area contributed by atoms with E-state index in [0.29, 0.717) is 0 Å². The van der Waals surface area contributed by atoms with Crippen LogP contribution >= 0.6 is 22.6 Å². The van der Waals surface area contributed by atoms with Crippen LogP contribution in [0.1, 0.15) is 0 Å². The fraction of sp³-hybridized carbons (Fsp3) is 0.143. The van der Waals surface area contributed by atoms with Crippen LogP contribution in [0.4, 0.5) is 8.78 Å². The molecule has 2 aromatic carbocycles. The van der Waals surface area contributed by atoms with Gasteiger partial charge in [0.1, 0.15) is 5.75 Å². The van der Waals surface area contributed by atoms with Crippen molar-refractivity contribution >= 4 is 32.7 Å². The molecule has 4 nitrogen and oxygen atoms in total. The molecule has 2 aromatic rings. The molecule has 0 amide bonds. The number of hydrogen-bond donors (Lipinski definition) is 1. The van der Waals surface area contributed by atoms with Gasteiger partial charge in [-0.2, -0.15) is 17.2 Å². The highest BCUT2D eigenvalue weighted by Gasteiger charge is 2.18. The summed E-state index contributed by atoms with van der Waals surface area (Å²) in [4.78, 5) is 0. The van der Waals surface area contributed by atoms with Crippen LogP contribution in [0.15, 0.2) is 48.5 Å². The second kappa shape index (κ2) is 8.39. The first-order valence-corrected chi connectivity index (χ1v) is 8.47. The molecule has 0 saturated heterocycles. The van der Waals surface area contributed by atoms with Crippen molar-refractivity contribution in [1.29, 1.82) is 0 Å². The quantitative estimate of drug-likeness (QED) is 0.576. The van der Waals surface area contributed by atoms with Gasteiger partial charge in [0.25, 0.3) is 0 Å². The van der Waals surface area contributed by atoms with Gasteiger partial charge in [0, 0.05) is 3.57 Å². The maximum Gasteiger partial charge on any atom is 0.361 e. The Bertz CT molecular complexity index is 703. The molecule has 120 valence electrons. The summed E-state index contributed by atoms with van der Waals surface area (Å²) < 4.78 is 53.4. The third-order valence-electron chi connectivity index (χ3n) is 2.50. The highest BCUT2D eigenvalue weighted by Crippen LogP contribution is 2.26. The van der Waals surface area contributed by atoms with Crippen LogP contribution in [0.3, 0.4) is 0 Å². The van der Waals surface area contributed by atoms with Crippen LogP contribution in [-0.2, 0) is 10.1 Å². The van der Waals surface area contributed by atoms with E-state index in [4.69, 9.17) is 17.7 Å². The van der Waals surface area contributed by atoms with Crippen molar-refractivity contribution in [1.82, 2.24) is 0 Å². The van der Waals surface area contributed by atoms with Gasteiger partial charge in [-0.05, 0) is 51.9 Å². The van der Waals surface area contributed by atoms with Gasteiger partial charge >= 0.3 is 15.9 Å². The number of ether oxygens (including phenoxy) is 1. The number of halogens is 3. The minimum absolute atomic E-state index is 0.893. The van der Waals surface area contributed by atoms with E-state index in [1.165, 1.54) is 14.7 Å². The standard InChI is InChI=1S/C13H11IO.CH2F2O3S/c1-15-11-8-6-10(7-9-11)12-4-2-3-5-13(12)14;2-1(3)7(4,5)6/h2-9H,1H3;1H,(H,4,5,6). The van der Waals surface area contributed by atoms with Crippen molar-refractivity contribution in [3.05, 3.63) is 52.1 Å². The first-order chi connectivity index (χ1) is 10.3. The fourth-order valence-electron chi connectivity index (χ4n) is 1.47. The third-order valence-corrected chi connectivity index (χ3v) is 3.89. The molecule has 0 aliphatic rings. The Morgan fingerprint density at radius 3 is 2.00 bits per heavy atom. The maximum atomic E-state index is 10.7. The van der Waals surface area contributed by atoms with E-state index < -0.39 is 15.9 Å². The molecule has 0 aromatic heterocycles.